The minimum absolute atomic E-state index is 0. The van der Waals surface area contributed by atoms with Crippen molar-refractivity contribution in [2.24, 2.45) is 0 Å². The molecule has 6 atom stereocenters. The van der Waals surface area contributed by atoms with Crippen LogP contribution < -0.4 is 52.6 Å². The molecule has 6 heterocycles. The van der Waals surface area contributed by atoms with Crippen LogP contribution in [0.2, 0.25) is 15.1 Å². The number of hydrogen-bond acceptors (Lipinski definition) is 28. The number of benzene rings is 6. The Balaban J connectivity index is 0.000000390. The van der Waals surface area contributed by atoms with Crippen molar-refractivity contribution in [3.63, 3.8) is 0 Å². The molecule has 0 radical (unpaired) electrons. The molecule has 135 heavy (non-hydrogen) atoms. The number of carbonyl (C=O) groups excluding carboxylic acids is 3. The summed E-state index contributed by atoms with van der Waals surface area (Å²) < 4.78 is 55.8. The summed E-state index contributed by atoms with van der Waals surface area (Å²) in [4.78, 5) is 65.1. The van der Waals surface area contributed by atoms with Crippen LogP contribution in [0.15, 0.2) is 109 Å². The monoisotopic (exact) mass is 1990 g/mol. The first-order chi connectivity index (χ1) is 63.3. The van der Waals surface area contributed by atoms with Crippen LogP contribution in [0.1, 0.15) is 160 Å². The number of halogens is 5. The van der Waals surface area contributed by atoms with Gasteiger partial charge in [-0.2, -0.15) is 0 Å². The number of alkyl halides is 2. The van der Waals surface area contributed by atoms with Gasteiger partial charge in [0.1, 0.15) is 34.5 Å². The molecule has 13 N–H and O–H groups in total. The largest absolute Gasteiger partial charge is 1.00 e. The fourth-order valence-electron chi connectivity index (χ4n) is 16.8. The number of nitrogens with one attached hydrogen (secondary N) is 1. The Morgan fingerprint density at radius 3 is 0.926 bits per heavy atom. The third kappa shape index (κ3) is 40.6. The van der Waals surface area contributed by atoms with Gasteiger partial charge < -0.3 is 119 Å². The third-order valence-electron chi connectivity index (χ3n) is 23.5. The first kappa shape index (κ1) is 120. The zero-order valence-electron chi connectivity index (χ0n) is 79.4. The van der Waals surface area contributed by atoms with E-state index in [2.05, 4.69) is 31.8 Å². The van der Waals surface area contributed by atoms with Gasteiger partial charge in [0.15, 0.2) is 0 Å². The number of likely N-dealkylation sites (tertiary alicyclic amines) is 4. The first-order valence-electron chi connectivity index (χ1n) is 45.7. The summed E-state index contributed by atoms with van der Waals surface area (Å²) in [5, 5.41) is 86.8. The van der Waals surface area contributed by atoms with Gasteiger partial charge in [-0.15, -0.1) is 23.2 Å². The molecule has 12 rings (SSSR count). The molecular weight excluding hydrogens is 1850 g/mol. The topological polar surface area (TPSA) is 446 Å². The van der Waals surface area contributed by atoms with Gasteiger partial charge in [-0.1, -0.05) is 108 Å². The molecule has 0 bridgehead atoms. The van der Waals surface area contributed by atoms with Crippen molar-refractivity contribution in [3.05, 3.63) is 141 Å². The summed E-state index contributed by atoms with van der Waals surface area (Å²) in [5.41, 5.74) is 3.32. The van der Waals surface area contributed by atoms with Crippen LogP contribution in [0.4, 0.5) is 0 Å². The number of esters is 3. The zero-order valence-corrected chi connectivity index (χ0v) is 83.1. The van der Waals surface area contributed by atoms with Crippen LogP contribution in [-0.4, -0.2) is 310 Å². The molecular formula is C98H141Cl5LiN5O26. The number of carbonyl (C=O) groups is 5. The second-order valence-corrected chi connectivity index (χ2v) is 36.2. The molecule has 6 aromatic carbocycles. The number of ether oxygens (including phenoxy) is 10. The smallest absolute Gasteiger partial charge is 0.870 e. The molecule has 0 saturated carbocycles. The van der Waals surface area contributed by atoms with Gasteiger partial charge in [-0.3, -0.25) is 34.5 Å². The van der Waals surface area contributed by atoms with Crippen molar-refractivity contribution in [3.8, 4) is 67.9 Å². The second-order valence-electron chi connectivity index (χ2n) is 34.3. The van der Waals surface area contributed by atoms with E-state index in [-0.39, 0.29) is 79.8 Å². The summed E-state index contributed by atoms with van der Waals surface area (Å²) in [6.07, 6.45) is 9.98. The van der Waals surface area contributed by atoms with E-state index in [0.29, 0.717) is 207 Å². The Morgan fingerprint density at radius 1 is 0.415 bits per heavy atom. The summed E-state index contributed by atoms with van der Waals surface area (Å²) in [6.45, 7) is 27.1. The predicted molar refractivity (Wildman–Crippen MR) is 517 cm³/mol. The van der Waals surface area contributed by atoms with Crippen molar-refractivity contribution in [2.75, 3.05) is 169 Å². The van der Waals surface area contributed by atoms with E-state index in [1.165, 1.54) is 12.8 Å². The standard InChI is InChI=1S/C35H49ClN2O8.C31H41ClN2O8.C19H21Cl3O2.C8H15NO3.C5H10O.Li.H2O2.2H2O/c1-4-43-31(39)22-34(41)14-18-37(24-34)16-8-20-45-29-12-6-10-27(26(29)3)28-11-7-13-30(33(28)36)46-21-9-17-38-19-15-35(42,25-38)23-32(40)44-5-2;1-22-23(6-2-8-25(22)41-16-4-12-33-14-10-30(39,20-33)18-27(35)36)24-7-3-9-26(29(24)32)42-17-5-13-34-15-11-31(40,21-34)19-28(37)38;1-14-15(6-2-8-17(14)23-12-4-10-20)16-7-3-9-18(19(16)22)24-13-5-11-21;1-2-12-7(10)5-8(11)3-4-9-6-8;1-5-3-2-4-6-5;;1-2;;/h6-7,10-13,41-42H,4-5,8-9,14-25H2,1-3H3;2-3,6-9,39-40H,4-5,10-21H2,1H3,(H,35,36)(H,37,38);2-3,6-9H,4-5,10-13H2,1H3;9,11H,2-6H2,1H3;5H,2-4H2,1H3;;1-2H;2*1H2/q;;;;;+1;;;/p-1. The molecule has 0 aromatic heterocycles. The number of carboxylic acids is 2. The molecule has 37 heteroatoms. The van der Waals surface area contributed by atoms with Gasteiger partial charge in [0.2, 0.25) is 0 Å². The van der Waals surface area contributed by atoms with E-state index in [9.17, 15) is 49.5 Å². The van der Waals surface area contributed by atoms with Gasteiger partial charge in [0.25, 0.3) is 0 Å². The number of carboxylic acid groups (broad SMARTS) is 2. The average molecular weight is 1990 g/mol. The van der Waals surface area contributed by atoms with E-state index in [4.69, 9.17) is 126 Å². The molecule has 6 saturated heterocycles. The molecule has 31 nitrogen and oxygen atoms in total. The molecule has 6 unspecified atom stereocenters. The van der Waals surface area contributed by atoms with Gasteiger partial charge in [-0.05, 0) is 208 Å². The number of rotatable bonds is 44. The second kappa shape index (κ2) is 62.2. The fourth-order valence-corrected chi connectivity index (χ4v) is 17.8. The van der Waals surface area contributed by atoms with E-state index < -0.39 is 39.9 Å². The fraction of sp³-hybridized carbons (Fsp3) is 0.582. The van der Waals surface area contributed by atoms with Crippen molar-refractivity contribution in [1.82, 2.24) is 24.9 Å². The average Bonchev–Trinajstić information content (AvgIpc) is 1.77. The van der Waals surface area contributed by atoms with E-state index in [1.807, 2.05) is 130 Å². The van der Waals surface area contributed by atoms with Crippen LogP contribution >= 0.6 is 58.0 Å². The van der Waals surface area contributed by atoms with Gasteiger partial charge in [0, 0.05) is 120 Å². The Hall–Kier alpha value is -7.08. The Kier molecular flexibility index (Phi) is 55.4. The summed E-state index contributed by atoms with van der Waals surface area (Å²) in [7, 11) is 0. The van der Waals surface area contributed by atoms with Crippen molar-refractivity contribution in [2.45, 2.75) is 198 Å². The van der Waals surface area contributed by atoms with Crippen molar-refractivity contribution in [1.29, 1.82) is 0 Å². The quantitative estimate of drug-likeness (QED) is 0.00323. The van der Waals surface area contributed by atoms with Crippen LogP contribution in [0.25, 0.3) is 33.4 Å². The SMILES string of the molecule is CC1CCCO1.CCOC(=O)CC1(O)CCN(CCCOc2cccc(-c3cccc(OCCCN4CCC(O)(CC(=O)OCC)C4)c3Cl)c2C)C1.CCOC(=O)CC1(O)CCNC1.Cc1c(OCCCCl)cccc1-c1cccc(OCCCCl)c1Cl.Cc1c(OCCCN2CCC(O)(CC(=O)O)C2)cccc1-c1cccc(OCCCN2CCC(O)(CC(=O)O)C2)c1Cl.O.OO.[Li+].[OH-]. The molecule has 0 aliphatic carbocycles. The minimum atomic E-state index is -1.16. The van der Waals surface area contributed by atoms with E-state index in [0.717, 1.165) is 139 Å². The molecule has 6 aliphatic heterocycles. The zero-order chi connectivity index (χ0) is 96.3. The maximum absolute atomic E-state index is 11.8. The van der Waals surface area contributed by atoms with Crippen LogP contribution in [0, 0.1) is 20.8 Å². The minimum Gasteiger partial charge on any atom is -0.870 e. The van der Waals surface area contributed by atoms with Crippen LogP contribution in [0.3, 0.4) is 0 Å². The van der Waals surface area contributed by atoms with Crippen molar-refractivity contribution < 1.29 is 147 Å². The predicted octanol–water partition coefficient (Wildman–Crippen LogP) is 11.5. The van der Waals surface area contributed by atoms with Crippen LogP contribution in [0.5, 0.6) is 34.5 Å². The molecule has 6 aromatic rings. The number of β-amino-alcohol motifs (C(OH)–C–C–N with tert-alkyl or cyclic N) is 5. The van der Waals surface area contributed by atoms with Crippen LogP contribution in [-0.2, 0) is 42.9 Å². The van der Waals surface area contributed by atoms with Gasteiger partial charge in [-0.25, -0.2) is 0 Å². The number of hydrogen-bond donors (Lipinski definition) is 10. The third-order valence-corrected chi connectivity index (χ3v) is 25.2. The molecule has 750 valence electrons. The number of aliphatic carboxylic acids is 2. The normalized spacial score (nSPS) is 20.6. The number of aliphatic hydroxyl groups is 5. The van der Waals surface area contributed by atoms with Gasteiger partial charge in [0.05, 0.1) is 141 Å². The summed E-state index contributed by atoms with van der Waals surface area (Å²) >= 11 is 31.6. The first-order valence-corrected chi connectivity index (χ1v) is 47.9. The summed E-state index contributed by atoms with van der Waals surface area (Å²) in [6, 6.07) is 35.0. The van der Waals surface area contributed by atoms with E-state index >= 15 is 0 Å². The Labute approximate surface area is 831 Å². The molecule has 0 spiro atoms. The number of nitrogens with zero attached hydrogens (tertiary/aromatic N) is 4. The maximum atomic E-state index is 11.8. The maximum Gasteiger partial charge on any atom is 1.00 e. The molecule has 6 aliphatic rings. The van der Waals surface area contributed by atoms with Crippen molar-refractivity contribution >= 4 is 87.9 Å². The Morgan fingerprint density at radius 2 is 0.681 bits per heavy atom. The molecule has 6 fully saturated rings. The van der Waals surface area contributed by atoms with Gasteiger partial charge >= 0.3 is 48.7 Å². The molecule has 0 amide bonds. The Bertz CT molecular complexity index is 4290. The summed E-state index contributed by atoms with van der Waals surface area (Å²) in [5.74, 6) is 2.41. The van der Waals surface area contributed by atoms with E-state index in [1.54, 1.807) is 20.8 Å².